The molecule has 3 rings (SSSR count). The number of carbonyl (C=O) groups is 1. The molecule has 0 aromatic carbocycles. The van der Waals surface area contributed by atoms with Crippen LogP contribution in [0.3, 0.4) is 0 Å². The SMILES string of the molecule is O=C(C[C@H]1C=CCC1)N1CCN(S(=O)(=O)c2cccs2)CC1. The van der Waals surface area contributed by atoms with Crippen LogP contribution in [0.5, 0.6) is 0 Å². The van der Waals surface area contributed by atoms with Crippen LogP contribution in [0.25, 0.3) is 0 Å². The van der Waals surface area contributed by atoms with Gasteiger partial charge in [-0.15, -0.1) is 11.3 Å². The van der Waals surface area contributed by atoms with Gasteiger partial charge in [-0.3, -0.25) is 4.79 Å². The zero-order chi connectivity index (χ0) is 15.6. The van der Waals surface area contributed by atoms with E-state index in [0.717, 1.165) is 12.8 Å². The van der Waals surface area contributed by atoms with Crippen LogP contribution in [0.15, 0.2) is 33.9 Å². The maximum Gasteiger partial charge on any atom is 0.252 e. The predicted octanol–water partition coefficient (Wildman–Crippen LogP) is 1.94. The highest BCUT2D eigenvalue weighted by Crippen LogP contribution is 2.24. The lowest BCUT2D eigenvalue weighted by Gasteiger charge is -2.34. The number of thiophene rings is 1. The quantitative estimate of drug-likeness (QED) is 0.787. The van der Waals surface area contributed by atoms with E-state index in [-0.39, 0.29) is 5.91 Å². The highest BCUT2D eigenvalue weighted by molar-refractivity contribution is 7.91. The number of nitrogens with zero attached hydrogens (tertiary/aromatic N) is 2. The third kappa shape index (κ3) is 3.26. The van der Waals surface area contributed by atoms with Crippen molar-refractivity contribution >= 4 is 27.3 Å². The largest absolute Gasteiger partial charge is 0.340 e. The molecular formula is C15H20N2O3S2. The summed E-state index contributed by atoms with van der Waals surface area (Å²) in [4.78, 5) is 14.1. The third-order valence-corrected chi connectivity index (χ3v) is 7.50. The number of hydrogen-bond donors (Lipinski definition) is 0. The lowest BCUT2D eigenvalue weighted by atomic mass is 10.0. The van der Waals surface area contributed by atoms with Crippen LogP contribution in [-0.4, -0.2) is 49.7 Å². The van der Waals surface area contributed by atoms with Crippen LogP contribution in [0.1, 0.15) is 19.3 Å². The monoisotopic (exact) mass is 340 g/mol. The lowest BCUT2D eigenvalue weighted by Crippen LogP contribution is -2.50. The van der Waals surface area contributed by atoms with E-state index in [1.165, 1.54) is 15.6 Å². The van der Waals surface area contributed by atoms with E-state index in [2.05, 4.69) is 12.2 Å². The number of allylic oxidation sites excluding steroid dienone is 2. The molecule has 1 amide bonds. The molecule has 1 aliphatic carbocycles. The highest BCUT2D eigenvalue weighted by atomic mass is 32.2. The molecular weight excluding hydrogens is 320 g/mol. The predicted molar refractivity (Wildman–Crippen MR) is 86.1 cm³/mol. The molecule has 120 valence electrons. The van der Waals surface area contributed by atoms with Crippen LogP contribution in [-0.2, 0) is 14.8 Å². The first-order valence-electron chi connectivity index (χ1n) is 7.55. The molecule has 0 bridgehead atoms. The minimum absolute atomic E-state index is 0.143. The first kappa shape index (κ1) is 15.7. The topological polar surface area (TPSA) is 57.7 Å². The molecule has 0 unspecified atom stereocenters. The van der Waals surface area contributed by atoms with Crippen LogP contribution in [0.2, 0.25) is 0 Å². The van der Waals surface area contributed by atoms with Gasteiger partial charge in [0.2, 0.25) is 5.91 Å². The summed E-state index contributed by atoms with van der Waals surface area (Å²) < 4.78 is 26.7. The number of amides is 1. The molecule has 0 spiro atoms. The van der Waals surface area contributed by atoms with E-state index in [0.29, 0.717) is 42.7 Å². The van der Waals surface area contributed by atoms with Crippen LogP contribution in [0.4, 0.5) is 0 Å². The Morgan fingerprint density at radius 2 is 2.05 bits per heavy atom. The van der Waals surface area contributed by atoms with Crippen LogP contribution < -0.4 is 0 Å². The van der Waals surface area contributed by atoms with Gasteiger partial charge in [0.25, 0.3) is 10.0 Å². The number of rotatable bonds is 4. The van der Waals surface area contributed by atoms with E-state index < -0.39 is 10.0 Å². The first-order valence-corrected chi connectivity index (χ1v) is 9.87. The Bertz CT molecular complexity index is 644. The second-order valence-corrected chi connectivity index (χ2v) is 8.80. The molecule has 2 aliphatic rings. The Balaban J connectivity index is 1.56. The summed E-state index contributed by atoms with van der Waals surface area (Å²) in [5.74, 6) is 0.505. The Morgan fingerprint density at radius 3 is 2.64 bits per heavy atom. The molecule has 1 aromatic heterocycles. The third-order valence-electron chi connectivity index (χ3n) is 4.23. The van der Waals surface area contributed by atoms with Crippen molar-refractivity contribution < 1.29 is 13.2 Å². The standard InChI is InChI=1S/C15H20N2O3S2/c18-14(12-13-4-1-2-5-13)16-7-9-17(10-8-16)22(19,20)15-6-3-11-21-15/h1,3-4,6,11,13H,2,5,7-10,12H2/t13-/m0/s1. The Hall–Kier alpha value is -1.18. The normalized spacial score (nSPS) is 23.1. The van der Waals surface area contributed by atoms with Crippen molar-refractivity contribution in [1.82, 2.24) is 9.21 Å². The fraction of sp³-hybridized carbons (Fsp3) is 0.533. The van der Waals surface area contributed by atoms with Gasteiger partial charge in [-0.1, -0.05) is 18.2 Å². The minimum atomic E-state index is -3.39. The molecule has 1 aliphatic heterocycles. The van der Waals surface area contributed by atoms with Crippen molar-refractivity contribution in [3.05, 3.63) is 29.7 Å². The van der Waals surface area contributed by atoms with E-state index in [1.807, 2.05) is 0 Å². The molecule has 2 heterocycles. The van der Waals surface area contributed by atoms with Crippen molar-refractivity contribution in [2.75, 3.05) is 26.2 Å². The van der Waals surface area contributed by atoms with E-state index >= 15 is 0 Å². The summed E-state index contributed by atoms with van der Waals surface area (Å²) in [6, 6.07) is 3.37. The summed E-state index contributed by atoms with van der Waals surface area (Å²) in [5.41, 5.74) is 0. The highest BCUT2D eigenvalue weighted by Gasteiger charge is 2.31. The van der Waals surface area contributed by atoms with Crippen molar-refractivity contribution in [2.45, 2.75) is 23.5 Å². The molecule has 0 radical (unpaired) electrons. The summed E-state index contributed by atoms with van der Waals surface area (Å²) in [6.45, 7) is 1.73. The maximum absolute atomic E-state index is 12.4. The van der Waals surface area contributed by atoms with Crippen molar-refractivity contribution in [3.63, 3.8) is 0 Å². The van der Waals surface area contributed by atoms with Gasteiger partial charge in [-0.05, 0) is 30.2 Å². The minimum Gasteiger partial charge on any atom is -0.340 e. The van der Waals surface area contributed by atoms with Gasteiger partial charge in [-0.25, -0.2) is 8.42 Å². The molecule has 0 saturated carbocycles. The van der Waals surface area contributed by atoms with Crippen molar-refractivity contribution in [2.24, 2.45) is 5.92 Å². The summed E-state index contributed by atoms with van der Waals surface area (Å²) >= 11 is 1.23. The zero-order valence-corrected chi connectivity index (χ0v) is 14.0. The Morgan fingerprint density at radius 1 is 1.27 bits per heavy atom. The van der Waals surface area contributed by atoms with E-state index in [9.17, 15) is 13.2 Å². The van der Waals surface area contributed by atoms with E-state index in [1.54, 1.807) is 22.4 Å². The van der Waals surface area contributed by atoms with Crippen molar-refractivity contribution in [1.29, 1.82) is 0 Å². The molecule has 1 saturated heterocycles. The fourth-order valence-electron chi connectivity index (χ4n) is 2.93. The molecule has 22 heavy (non-hydrogen) atoms. The second-order valence-electron chi connectivity index (χ2n) is 5.69. The molecule has 0 N–H and O–H groups in total. The van der Waals surface area contributed by atoms with Gasteiger partial charge < -0.3 is 4.90 Å². The molecule has 1 aromatic rings. The summed E-state index contributed by atoms with van der Waals surface area (Å²) in [5, 5.41) is 1.77. The molecule has 5 nitrogen and oxygen atoms in total. The van der Waals surface area contributed by atoms with Gasteiger partial charge in [0, 0.05) is 32.6 Å². The number of hydrogen-bond acceptors (Lipinski definition) is 4. The molecule has 1 fully saturated rings. The lowest BCUT2D eigenvalue weighted by molar-refractivity contribution is -0.133. The Kier molecular flexibility index (Phi) is 4.65. The van der Waals surface area contributed by atoms with Crippen molar-refractivity contribution in [3.8, 4) is 0 Å². The van der Waals surface area contributed by atoms with Gasteiger partial charge >= 0.3 is 0 Å². The summed E-state index contributed by atoms with van der Waals surface area (Å²) in [7, 11) is -3.39. The molecule has 7 heteroatoms. The smallest absolute Gasteiger partial charge is 0.252 e. The van der Waals surface area contributed by atoms with Crippen LogP contribution >= 0.6 is 11.3 Å². The van der Waals surface area contributed by atoms with Crippen LogP contribution in [0, 0.1) is 5.92 Å². The van der Waals surface area contributed by atoms with Gasteiger partial charge in [-0.2, -0.15) is 4.31 Å². The Labute approximate surface area is 135 Å². The first-order chi connectivity index (χ1) is 10.6. The average Bonchev–Trinajstić information content (AvgIpc) is 3.21. The van der Waals surface area contributed by atoms with E-state index in [4.69, 9.17) is 0 Å². The fourth-order valence-corrected chi connectivity index (χ4v) is 5.50. The van der Waals surface area contributed by atoms with Gasteiger partial charge in [0.05, 0.1) is 0 Å². The zero-order valence-electron chi connectivity index (χ0n) is 12.3. The summed E-state index contributed by atoms with van der Waals surface area (Å²) in [6.07, 6.45) is 6.91. The average molecular weight is 340 g/mol. The maximum atomic E-state index is 12.4. The number of carbonyl (C=O) groups excluding carboxylic acids is 1. The number of sulfonamides is 1. The number of piperazine rings is 1. The second kappa shape index (κ2) is 6.52. The van der Waals surface area contributed by atoms with Gasteiger partial charge in [0.15, 0.2) is 0 Å². The van der Waals surface area contributed by atoms with Gasteiger partial charge in [0.1, 0.15) is 4.21 Å². The molecule has 1 atom stereocenters.